The van der Waals surface area contributed by atoms with E-state index in [9.17, 15) is 10.1 Å². The molecule has 1 aromatic heterocycles. The highest BCUT2D eigenvalue weighted by molar-refractivity contribution is 5.81. The van der Waals surface area contributed by atoms with E-state index in [2.05, 4.69) is 20.6 Å². The molecule has 0 radical (unpaired) electrons. The summed E-state index contributed by atoms with van der Waals surface area (Å²) in [5, 5.41) is 25.7. The van der Waals surface area contributed by atoms with Crippen LogP contribution in [-0.4, -0.2) is 25.5 Å². The maximum absolute atomic E-state index is 11.5. The molecule has 0 aliphatic carbocycles. The highest BCUT2D eigenvalue weighted by Gasteiger charge is 2.17. The van der Waals surface area contributed by atoms with E-state index in [1.807, 2.05) is 60.7 Å². The molecule has 1 N–H and O–H groups in total. The highest BCUT2D eigenvalue weighted by atomic mass is 16.6. The minimum Gasteiger partial charge on any atom is -0.258 e. The van der Waals surface area contributed by atoms with Gasteiger partial charge in [0.25, 0.3) is 5.69 Å². The van der Waals surface area contributed by atoms with Crippen molar-refractivity contribution in [3.63, 3.8) is 0 Å². The van der Waals surface area contributed by atoms with E-state index >= 15 is 0 Å². The van der Waals surface area contributed by atoms with Gasteiger partial charge >= 0.3 is 0 Å². The van der Waals surface area contributed by atoms with Crippen LogP contribution in [0.3, 0.4) is 0 Å². The Balaban J connectivity index is 1.73. The first-order valence-corrected chi connectivity index (χ1v) is 8.87. The van der Waals surface area contributed by atoms with Crippen LogP contribution in [0, 0.1) is 10.1 Å². The molecule has 138 valence electrons. The Morgan fingerprint density at radius 1 is 0.893 bits per heavy atom. The number of hydrogen-bond acceptors (Lipinski definition) is 5. The van der Waals surface area contributed by atoms with Crippen LogP contribution in [0.4, 0.5) is 5.69 Å². The van der Waals surface area contributed by atoms with E-state index < -0.39 is 0 Å². The van der Waals surface area contributed by atoms with Crippen molar-refractivity contribution >= 4 is 5.69 Å². The van der Waals surface area contributed by atoms with Gasteiger partial charge in [-0.2, -0.15) is 5.21 Å². The van der Waals surface area contributed by atoms with E-state index in [0.29, 0.717) is 17.8 Å². The summed E-state index contributed by atoms with van der Waals surface area (Å²) in [5.41, 5.74) is 4.59. The van der Waals surface area contributed by atoms with Crippen molar-refractivity contribution in [2.24, 2.45) is 0 Å². The molecular weight excluding hydrogens is 354 g/mol. The second-order valence-corrected chi connectivity index (χ2v) is 6.37. The summed E-state index contributed by atoms with van der Waals surface area (Å²) >= 11 is 0. The van der Waals surface area contributed by atoms with Gasteiger partial charge in [-0.05, 0) is 46.9 Å². The fourth-order valence-corrected chi connectivity index (χ4v) is 3.26. The van der Waals surface area contributed by atoms with Gasteiger partial charge in [-0.25, -0.2) is 0 Å². The van der Waals surface area contributed by atoms with Crippen molar-refractivity contribution in [1.82, 2.24) is 20.6 Å². The number of nitrogens with one attached hydrogen (secondary N) is 1. The molecule has 0 saturated heterocycles. The number of aromatic amines is 1. The summed E-state index contributed by atoms with van der Waals surface area (Å²) in [6.07, 6.45) is 1.32. The normalized spacial score (nSPS) is 10.7. The molecule has 28 heavy (non-hydrogen) atoms. The highest BCUT2D eigenvalue weighted by Crippen LogP contribution is 2.33. The Kier molecular flexibility index (Phi) is 4.88. The SMILES string of the molecule is O=[N+]([O-])c1ccc(-c2ccccc2-c2nn[nH]n2)cc1CCc1ccccc1. The van der Waals surface area contributed by atoms with E-state index in [0.717, 1.165) is 28.7 Å². The van der Waals surface area contributed by atoms with Gasteiger partial charge in [0.2, 0.25) is 5.82 Å². The minimum absolute atomic E-state index is 0.136. The second kappa shape index (κ2) is 7.79. The van der Waals surface area contributed by atoms with Gasteiger partial charge < -0.3 is 0 Å². The number of hydrogen-bond donors (Lipinski definition) is 1. The smallest absolute Gasteiger partial charge is 0.258 e. The van der Waals surface area contributed by atoms with Gasteiger partial charge in [0, 0.05) is 17.2 Å². The summed E-state index contributed by atoms with van der Waals surface area (Å²) in [6.45, 7) is 0. The van der Waals surface area contributed by atoms with Crippen LogP contribution in [0.5, 0.6) is 0 Å². The van der Waals surface area contributed by atoms with Crippen LogP contribution in [0.2, 0.25) is 0 Å². The molecule has 1 heterocycles. The number of nitro groups is 1. The Morgan fingerprint density at radius 2 is 1.64 bits per heavy atom. The van der Waals surface area contributed by atoms with Gasteiger partial charge in [-0.3, -0.25) is 10.1 Å². The molecule has 7 heteroatoms. The van der Waals surface area contributed by atoms with Crippen molar-refractivity contribution < 1.29 is 4.92 Å². The first kappa shape index (κ1) is 17.5. The van der Waals surface area contributed by atoms with E-state index in [1.54, 1.807) is 12.1 Å². The fraction of sp³-hybridized carbons (Fsp3) is 0.0952. The van der Waals surface area contributed by atoms with Crippen molar-refractivity contribution in [2.75, 3.05) is 0 Å². The fourth-order valence-electron chi connectivity index (χ4n) is 3.26. The predicted octanol–water partition coefficient (Wildman–Crippen LogP) is 4.23. The number of aromatic nitrogens is 4. The van der Waals surface area contributed by atoms with Crippen LogP contribution in [-0.2, 0) is 12.8 Å². The summed E-state index contributed by atoms with van der Waals surface area (Å²) in [4.78, 5) is 11.2. The molecule has 0 aliphatic rings. The van der Waals surface area contributed by atoms with Crippen LogP contribution >= 0.6 is 0 Å². The maximum Gasteiger partial charge on any atom is 0.272 e. The number of nitro benzene ring substituents is 1. The standard InChI is InChI=1S/C21H17N5O2/c27-26(28)20-13-12-16(14-17(20)11-10-15-6-2-1-3-7-15)18-8-4-5-9-19(18)21-22-24-25-23-21/h1-9,12-14H,10-11H2,(H,22,23,24,25). The van der Waals surface area contributed by atoms with Gasteiger partial charge in [0.1, 0.15) is 0 Å². The average Bonchev–Trinajstić information content (AvgIpc) is 3.27. The zero-order valence-electron chi connectivity index (χ0n) is 14.9. The second-order valence-electron chi connectivity index (χ2n) is 6.37. The third-order valence-corrected chi connectivity index (χ3v) is 4.63. The summed E-state index contributed by atoms with van der Waals surface area (Å²) < 4.78 is 0. The number of benzene rings is 3. The third kappa shape index (κ3) is 3.64. The molecule has 0 aliphatic heterocycles. The number of tetrazole rings is 1. The number of nitrogens with zero attached hydrogens (tertiary/aromatic N) is 4. The van der Waals surface area contributed by atoms with Crippen molar-refractivity contribution in [3.8, 4) is 22.5 Å². The summed E-state index contributed by atoms with van der Waals surface area (Å²) in [6, 6.07) is 22.9. The third-order valence-electron chi connectivity index (χ3n) is 4.63. The molecule has 3 aromatic carbocycles. The van der Waals surface area contributed by atoms with E-state index in [-0.39, 0.29) is 10.6 Å². The van der Waals surface area contributed by atoms with Gasteiger partial charge in [0.15, 0.2) is 0 Å². The number of rotatable bonds is 6. The molecule has 4 rings (SSSR count). The largest absolute Gasteiger partial charge is 0.272 e. The Labute approximate surface area is 161 Å². The number of H-pyrrole nitrogens is 1. The van der Waals surface area contributed by atoms with Crippen LogP contribution < -0.4 is 0 Å². The van der Waals surface area contributed by atoms with Crippen molar-refractivity contribution in [2.45, 2.75) is 12.8 Å². The zero-order chi connectivity index (χ0) is 19.3. The molecule has 0 bridgehead atoms. The Hall–Kier alpha value is -3.87. The number of aryl methyl sites for hydroxylation is 2. The average molecular weight is 371 g/mol. The van der Waals surface area contributed by atoms with Gasteiger partial charge in [-0.1, -0.05) is 54.6 Å². The minimum atomic E-state index is -0.324. The zero-order valence-corrected chi connectivity index (χ0v) is 14.9. The Morgan fingerprint density at radius 3 is 2.36 bits per heavy atom. The molecule has 0 amide bonds. The lowest BCUT2D eigenvalue weighted by Crippen LogP contribution is -1.99. The van der Waals surface area contributed by atoms with E-state index in [4.69, 9.17) is 0 Å². The summed E-state index contributed by atoms with van der Waals surface area (Å²) in [7, 11) is 0. The topological polar surface area (TPSA) is 97.6 Å². The molecule has 0 saturated carbocycles. The van der Waals surface area contributed by atoms with Gasteiger partial charge in [0.05, 0.1) is 4.92 Å². The monoisotopic (exact) mass is 371 g/mol. The molecule has 0 fully saturated rings. The lowest BCUT2D eigenvalue weighted by Gasteiger charge is -2.10. The molecule has 0 spiro atoms. The van der Waals surface area contributed by atoms with Crippen molar-refractivity contribution in [1.29, 1.82) is 0 Å². The lowest BCUT2D eigenvalue weighted by molar-refractivity contribution is -0.385. The summed E-state index contributed by atoms with van der Waals surface area (Å²) in [5.74, 6) is 0.486. The maximum atomic E-state index is 11.5. The van der Waals surface area contributed by atoms with Crippen LogP contribution in [0.25, 0.3) is 22.5 Å². The molecular formula is C21H17N5O2. The Bertz CT molecular complexity index is 1100. The van der Waals surface area contributed by atoms with Crippen LogP contribution in [0.1, 0.15) is 11.1 Å². The first-order chi connectivity index (χ1) is 13.7. The predicted molar refractivity (Wildman–Crippen MR) is 106 cm³/mol. The van der Waals surface area contributed by atoms with E-state index in [1.165, 1.54) is 0 Å². The molecule has 4 aromatic rings. The lowest BCUT2D eigenvalue weighted by atomic mass is 9.95. The first-order valence-electron chi connectivity index (χ1n) is 8.87. The molecule has 0 unspecified atom stereocenters. The van der Waals surface area contributed by atoms with Crippen molar-refractivity contribution in [3.05, 3.63) is 94.0 Å². The van der Waals surface area contributed by atoms with Crippen LogP contribution in [0.15, 0.2) is 72.8 Å². The van der Waals surface area contributed by atoms with Gasteiger partial charge in [-0.15, -0.1) is 10.2 Å². The quantitative estimate of drug-likeness (QED) is 0.404. The molecule has 7 nitrogen and oxygen atoms in total. The molecule has 0 atom stereocenters.